The lowest BCUT2D eigenvalue weighted by atomic mass is 10.2. The van der Waals surface area contributed by atoms with Gasteiger partial charge in [-0.2, -0.15) is 15.4 Å². The SMILES string of the molecule is c1ccc2c(Nc3ccc4n[nH]nc4c3)ncnc2c1. The second kappa shape index (κ2) is 4.27. The summed E-state index contributed by atoms with van der Waals surface area (Å²) >= 11 is 0. The molecule has 2 N–H and O–H groups in total. The zero-order chi connectivity index (χ0) is 13.4. The molecule has 20 heavy (non-hydrogen) atoms. The number of fused-ring (bicyclic) bond motifs is 2. The number of hydrogen-bond acceptors (Lipinski definition) is 5. The summed E-state index contributed by atoms with van der Waals surface area (Å²) in [5.74, 6) is 0.776. The third-order valence-corrected chi connectivity index (χ3v) is 3.12. The molecule has 4 rings (SSSR count). The van der Waals surface area contributed by atoms with Crippen molar-refractivity contribution in [1.29, 1.82) is 0 Å². The van der Waals surface area contributed by atoms with E-state index in [1.807, 2.05) is 42.5 Å². The maximum Gasteiger partial charge on any atom is 0.141 e. The Balaban J connectivity index is 1.80. The quantitative estimate of drug-likeness (QED) is 0.580. The molecule has 0 aliphatic rings. The number of nitrogens with one attached hydrogen (secondary N) is 2. The molecule has 0 amide bonds. The maximum atomic E-state index is 4.30. The van der Waals surface area contributed by atoms with Gasteiger partial charge in [0.1, 0.15) is 23.2 Å². The highest BCUT2D eigenvalue weighted by atomic mass is 15.3. The van der Waals surface area contributed by atoms with E-state index >= 15 is 0 Å². The van der Waals surface area contributed by atoms with Crippen LogP contribution in [0.15, 0.2) is 48.8 Å². The highest BCUT2D eigenvalue weighted by Crippen LogP contribution is 2.23. The zero-order valence-electron chi connectivity index (χ0n) is 10.4. The van der Waals surface area contributed by atoms with Gasteiger partial charge in [0.25, 0.3) is 0 Å². The largest absolute Gasteiger partial charge is 0.340 e. The van der Waals surface area contributed by atoms with Crippen LogP contribution in [-0.4, -0.2) is 25.4 Å². The number of aromatic amines is 1. The first kappa shape index (κ1) is 10.9. The number of anilines is 2. The normalized spacial score (nSPS) is 11.0. The Labute approximate surface area is 113 Å². The standard InChI is InChI=1S/C14H10N6/c1-2-4-11-10(3-1)14(16-8-15-11)17-9-5-6-12-13(7-9)19-20-18-12/h1-8H,(H,15,16,17)(H,18,19,20). The van der Waals surface area contributed by atoms with Crippen molar-refractivity contribution >= 4 is 33.4 Å². The van der Waals surface area contributed by atoms with Gasteiger partial charge in [0.15, 0.2) is 0 Å². The van der Waals surface area contributed by atoms with Gasteiger partial charge in [-0.05, 0) is 30.3 Å². The van der Waals surface area contributed by atoms with Crippen molar-refractivity contribution in [2.24, 2.45) is 0 Å². The number of benzene rings is 2. The molecule has 0 atom stereocenters. The Bertz CT molecular complexity index is 893. The maximum absolute atomic E-state index is 4.30. The first-order valence-corrected chi connectivity index (χ1v) is 6.17. The molecule has 0 aliphatic heterocycles. The molecule has 4 aromatic rings. The zero-order valence-corrected chi connectivity index (χ0v) is 10.4. The van der Waals surface area contributed by atoms with Crippen LogP contribution in [0.25, 0.3) is 21.9 Å². The van der Waals surface area contributed by atoms with Crippen molar-refractivity contribution in [1.82, 2.24) is 25.4 Å². The van der Waals surface area contributed by atoms with Crippen LogP contribution in [-0.2, 0) is 0 Å². The summed E-state index contributed by atoms with van der Waals surface area (Å²) in [6.07, 6.45) is 1.55. The molecule has 0 spiro atoms. The first-order chi connectivity index (χ1) is 9.90. The fourth-order valence-corrected chi connectivity index (χ4v) is 2.16. The van der Waals surface area contributed by atoms with E-state index in [2.05, 4.69) is 30.7 Å². The van der Waals surface area contributed by atoms with Crippen LogP contribution < -0.4 is 5.32 Å². The Morgan fingerprint density at radius 1 is 0.850 bits per heavy atom. The fraction of sp³-hybridized carbons (Fsp3) is 0. The molecule has 0 saturated carbocycles. The van der Waals surface area contributed by atoms with Crippen molar-refractivity contribution in [2.45, 2.75) is 0 Å². The third kappa shape index (κ3) is 1.74. The Hall–Kier alpha value is -3.02. The molecule has 2 aromatic carbocycles. The van der Waals surface area contributed by atoms with E-state index in [9.17, 15) is 0 Å². The summed E-state index contributed by atoms with van der Waals surface area (Å²) in [5, 5.41) is 15.0. The molecule has 0 bridgehead atoms. The lowest BCUT2D eigenvalue weighted by Crippen LogP contribution is -1.95. The van der Waals surface area contributed by atoms with E-state index in [0.29, 0.717) is 0 Å². The molecule has 0 fully saturated rings. The van der Waals surface area contributed by atoms with Gasteiger partial charge in [-0.15, -0.1) is 0 Å². The highest BCUT2D eigenvalue weighted by Gasteiger charge is 2.05. The minimum atomic E-state index is 0.776. The van der Waals surface area contributed by atoms with Crippen LogP contribution >= 0.6 is 0 Å². The number of aromatic nitrogens is 5. The van der Waals surface area contributed by atoms with E-state index in [0.717, 1.165) is 33.4 Å². The van der Waals surface area contributed by atoms with Crippen LogP contribution in [0.5, 0.6) is 0 Å². The van der Waals surface area contributed by atoms with Crippen molar-refractivity contribution in [3.63, 3.8) is 0 Å². The summed E-state index contributed by atoms with van der Waals surface area (Å²) in [7, 11) is 0. The van der Waals surface area contributed by atoms with E-state index in [-0.39, 0.29) is 0 Å². The van der Waals surface area contributed by atoms with E-state index in [1.165, 1.54) is 0 Å². The fourth-order valence-electron chi connectivity index (χ4n) is 2.16. The Morgan fingerprint density at radius 3 is 2.75 bits per heavy atom. The van der Waals surface area contributed by atoms with E-state index < -0.39 is 0 Å². The Kier molecular flexibility index (Phi) is 2.32. The molecule has 0 radical (unpaired) electrons. The van der Waals surface area contributed by atoms with Crippen molar-refractivity contribution in [2.75, 3.05) is 5.32 Å². The number of hydrogen-bond donors (Lipinski definition) is 2. The average molecular weight is 262 g/mol. The lowest BCUT2D eigenvalue weighted by molar-refractivity contribution is 0.959. The first-order valence-electron chi connectivity index (χ1n) is 6.17. The molecular formula is C14H10N6. The van der Waals surface area contributed by atoms with Crippen LogP contribution in [0, 0.1) is 0 Å². The molecule has 0 aliphatic carbocycles. The average Bonchev–Trinajstić information content (AvgIpc) is 2.95. The molecule has 96 valence electrons. The summed E-state index contributed by atoms with van der Waals surface area (Å²) in [5.41, 5.74) is 3.47. The molecule has 6 heteroatoms. The molecule has 2 aromatic heterocycles. The second-order valence-electron chi connectivity index (χ2n) is 4.39. The monoisotopic (exact) mass is 262 g/mol. The van der Waals surface area contributed by atoms with Crippen LogP contribution in [0.3, 0.4) is 0 Å². The van der Waals surface area contributed by atoms with E-state index in [1.54, 1.807) is 6.33 Å². The molecule has 2 heterocycles. The molecule has 6 nitrogen and oxygen atoms in total. The minimum Gasteiger partial charge on any atom is -0.340 e. The van der Waals surface area contributed by atoms with Gasteiger partial charge in [0.05, 0.1) is 5.52 Å². The third-order valence-electron chi connectivity index (χ3n) is 3.12. The smallest absolute Gasteiger partial charge is 0.141 e. The molecule has 0 unspecified atom stereocenters. The Morgan fingerprint density at radius 2 is 1.75 bits per heavy atom. The lowest BCUT2D eigenvalue weighted by Gasteiger charge is -2.07. The summed E-state index contributed by atoms with van der Waals surface area (Å²) in [6, 6.07) is 13.7. The van der Waals surface area contributed by atoms with E-state index in [4.69, 9.17) is 0 Å². The van der Waals surface area contributed by atoms with Crippen molar-refractivity contribution in [3.05, 3.63) is 48.8 Å². The van der Waals surface area contributed by atoms with Gasteiger partial charge in [0, 0.05) is 11.1 Å². The van der Waals surface area contributed by atoms with Crippen LogP contribution in [0.4, 0.5) is 11.5 Å². The number of nitrogens with zero attached hydrogens (tertiary/aromatic N) is 4. The molecule has 0 saturated heterocycles. The van der Waals surface area contributed by atoms with Gasteiger partial charge in [-0.3, -0.25) is 0 Å². The van der Waals surface area contributed by atoms with Gasteiger partial charge in [0.2, 0.25) is 0 Å². The number of rotatable bonds is 2. The highest BCUT2D eigenvalue weighted by molar-refractivity contribution is 5.91. The van der Waals surface area contributed by atoms with Crippen molar-refractivity contribution in [3.8, 4) is 0 Å². The van der Waals surface area contributed by atoms with Gasteiger partial charge < -0.3 is 5.32 Å². The summed E-state index contributed by atoms with van der Waals surface area (Å²) < 4.78 is 0. The predicted molar refractivity (Wildman–Crippen MR) is 76.7 cm³/mol. The summed E-state index contributed by atoms with van der Waals surface area (Å²) in [6.45, 7) is 0. The summed E-state index contributed by atoms with van der Waals surface area (Å²) in [4.78, 5) is 8.55. The topological polar surface area (TPSA) is 79.4 Å². The van der Waals surface area contributed by atoms with Crippen LogP contribution in [0.2, 0.25) is 0 Å². The number of H-pyrrole nitrogens is 1. The van der Waals surface area contributed by atoms with Gasteiger partial charge >= 0.3 is 0 Å². The minimum absolute atomic E-state index is 0.776. The molecular weight excluding hydrogens is 252 g/mol. The predicted octanol–water partition coefficient (Wildman–Crippen LogP) is 2.64. The van der Waals surface area contributed by atoms with Crippen molar-refractivity contribution < 1.29 is 0 Å². The van der Waals surface area contributed by atoms with Crippen LogP contribution in [0.1, 0.15) is 0 Å². The van der Waals surface area contributed by atoms with Gasteiger partial charge in [-0.1, -0.05) is 12.1 Å². The second-order valence-corrected chi connectivity index (χ2v) is 4.39. The van der Waals surface area contributed by atoms with Gasteiger partial charge in [-0.25, -0.2) is 9.97 Å². The number of para-hydroxylation sites is 1.